The van der Waals surface area contributed by atoms with Crippen LogP contribution in [0.25, 0.3) is 11.4 Å². The Morgan fingerprint density at radius 2 is 1.68 bits per heavy atom. The topological polar surface area (TPSA) is 99.8 Å². The summed E-state index contributed by atoms with van der Waals surface area (Å²) >= 11 is 1.07. The number of ether oxygens (including phenoxy) is 1. The van der Waals surface area contributed by atoms with Crippen molar-refractivity contribution in [2.45, 2.75) is 25.4 Å². The number of benzene rings is 2. The number of aromatic nitrogens is 6. The Labute approximate surface area is 195 Å². The summed E-state index contributed by atoms with van der Waals surface area (Å²) in [6.07, 6.45) is -4.78. The molecule has 2 aromatic heterocycles. The summed E-state index contributed by atoms with van der Waals surface area (Å²) in [5.41, 5.74) is 3.07. The first kappa shape index (κ1) is 23.3. The van der Waals surface area contributed by atoms with E-state index in [0.717, 1.165) is 40.8 Å². The Hall–Kier alpha value is -3.87. The Morgan fingerprint density at radius 1 is 1.03 bits per heavy atom. The predicted molar refractivity (Wildman–Crippen MR) is 118 cm³/mol. The molecule has 0 aliphatic heterocycles. The van der Waals surface area contributed by atoms with Gasteiger partial charge in [0.2, 0.25) is 11.1 Å². The summed E-state index contributed by atoms with van der Waals surface area (Å²) in [6, 6.07) is 14.5. The third kappa shape index (κ3) is 5.73. The van der Waals surface area contributed by atoms with Gasteiger partial charge in [-0.2, -0.15) is 9.78 Å². The number of carbonyl (C=O) groups is 1. The van der Waals surface area contributed by atoms with Gasteiger partial charge in [0.05, 0.1) is 22.8 Å². The van der Waals surface area contributed by atoms with Gasteiger partial charge < -0.3 is 10.1 Å². The molecule has 34 heavy (non-hydrogen) atoms. The molecule has 4 rings (SSSR count). The summed E-state index contributed by atoms with van der Waals surface area (Å²) in [6.45, 7) is 3.81. The van der Waals surface area contributed by atoms with E-state index in [1.165, 1.54) is 16.8 Å². The molecule has 0 saturated carbocycles. The summed E-state index contributed by atoms with van der Waals surface area (Å²) in [7, 11) is 0. The van der Waals surface area contributed by atoms with E-state index in [9.17, 15) is 18.0 Å². The molecule has 2 heterocycles. The lowest BCUT2D eigenvalue weighted by molar-refractivity contribution is -0.274. The lowest BCUT2D eigenvalue weighted by atomic mass is 10.2. The largest absolute Gasteiger partial charge is 0.573 e. The number of anilines is 1. The number of nitrogens with zero attached hydrogens (tertiary/aromatic N) is 6. The fourth-order valence-electron chi connectivity index (χ4n) is 3.00. The minimum Gasteiger partial charge on any atom is -0.406 e. The van der Waals surface area contributed by atoms with Crippen LogP contribution in [-0.4, -0.2) is 48.0 Å². The highest BCUT2D eigenvalue weighted by atomic mass is 32.2. The first-order valence-corrected chi connectivity index (χ1v) is 10.9. The van der Waals surface area contributed by atoms with Crippen molar-refractivity contribution in [3.63, 3.8) is 0 Å². The van der Waals surface area contributed by atoms with Gasteiger partial charge in [0.25, 0.3) is 0 Å². The van der Waals surface area contributed by atoms with Crippen molar-refractivity contribution in [2.24, 2.45) is 0 Å². The molecule has 4 aromatic rings. The zero-order valence-corrected chi connectivity index (χ0v) is 18.8. The predicted octanol–water partition coefficient (Wildman–Crippen LogP) is 4.09. The molecule has 0 aliphatic carbocycles. The van der Waals surface area contributed by atoms with Crippen molar-refractivity contribution >= 4 is 23.5 Å². The first-order valence-electron chi connectivity index (χ1n) is 9.89. The maximum atomic E-state index is 12.6. The number of hydrogen-bond acceptors (Lipinski definition) is 7. The third-order valence-corrected chi connectivity index (χ3v) is 5.39. The van der Waals surface area contributed by atoms with Gasteiger partial charge in [-0.3, -0.25) is 4.79 Å². The average molecular weight is 489 g/mol. The van der Waals surface area contributed by atoms with Crippen LogP contribution in [-0.2, 0) is 4.79 Å². The maximum Gasteiger partial charge on any atom is 0.573 e. The molecule has 0 radical (unpaired) electrons. The number of amides is 1. The molecule has 2 aromatic carbocycles. The lowest BCUT2D eigenvalue weighted by Gasteiger charge is -2.10. The highest BCUT2D eigenvalue weighted by molar-refractivity contribution is 7.99. The molecular weight excluding hydrogens is 471 g/mol. The van der Waals surface area contributed by atoms with Crippen LogP contribution in [0, 0.1) is 13.8 Å². The molecular formula is C21H18F3N7O2S. The smallest absolute Gasteiger partial charge is 0.406 e. The van der Waals surface area contributed by atoms with Crippen molar-refractivity contribution < 1.29 is 22.7 Å². The fourth-order valence-corrected chi connectivity index (χ4v) is 3.69. The van der Waals surface area contributed by atoms with Crippen LogP contribution < -0.4 is 10.1 Å². The van der Waals surface area contributed by atoms with Crippen molar-refractivity contribution in [1.29, 1.82) is 0 Å². The van der Waals surface area contributed by atoms with Gasteiger partial charge >= 0.3 is 6.36 Å². The summed E-state index contributed by atoms with van der Waals surface area (Å²) < 4.78 is 43.9. The van der Waals surface area contributed by atoms with Gasteiger partial charge in [-0.05, 0) is 60.7 Å². The van der Waals surface area contributed by atoms with E-state index in [4.69, 9.17) is 0 Å². The van der Waals surface area contributed by atoms with Crippen LogP contribution in [0.5, 0.6) is 5.75 Å². The number of rotatable bonds is 7. The molecule has 176 valence electrons. The first-order chi connectivity index (χ1) is 16.2. The van der Waals surface area contributed by atoms with E-state index >= 15 is 0 Å². The van der Waals surface area contributed by atoms with Crippen LogP contribution >= 0.6 is 11.8 Å². The second-order valence-electron chi connectivity index (χ2n) is 7.17. The summed E-state index contributed by atoms with van der Waals surface area (Å²) in [5, 5.41) is 18.9. The highest BCUT2D eigenvalue weighted by Gasteiger charge is 2.31. The number of tetrazole rings is 1. The quantitative estimate of drug-likeness (QED) is 0.390. The van der Waals surface area contributed by atoms with E-state index < -0.39 is 6.36 Å². The van der Waals surface area contributed by atoms with Crippen molar-refractivity contribution in [3.05, 3.63) is 65.9 Å². The van der Waals surface area contributed by atoms with Crippen LogP contribution in [0.15, 0.2) is 59.8 Å². The van der Waals surface area contributed by atoms with E-state index in [-0.39, 0.29) is 17.4 Å². The monoisotopic (exact) mass is 489 g/mol. The zero-order chi connectivity index (χ0) is 24.3. The average Bonchev–Trinajstić information content (AvgIpc) is 3.38. The molecule has 0 fully saturated rings. The Bertz CT molecular complexity index is 1290. The van der Waals surface area contributed by atoms with E-state index in [0.29, 0.717) is 16.7 Å². The number of alkyl halides is 3. The molecule has 1 N–H and O–H groups in total. The number of halogens is 3. The van der Waals surface area contributed by atoms with Crippen molar-refractivity contribution in [2.75, 3.05) is 11.1 Å². The summed E-state index contributed by atoms with van der Waals surface area (Å²) in [5.74, 6) is -0.153. The van der Waals surface area contributed by atoms with Crippen LogP contribution in [0.4, 0.5) is 19.0 Å². The number of hydrogen-bond donors (Lipinski definition) is 1. The van der Waals surface area contributed by atoms with E-state index in [2.05, 4.69) is 30.7 Å². The molecule has 13 heteroatoms. The van der Waals surface area contributed by atoms with Crippen LogP contribution in [0.3, 0.4) is 0 Å². The normalized spacial score (nSPS) is 11.4. The second kappa shape index (κ2) is 9.55. The molecule has 0 spiro atoms. The van der Waals surface area contributed by atoms with E-state index in [1.54, 1.807) is 10.7 Å². The SMILES string of the molecule is Cc1ccc(-n2nc(C)cc2NC(=O)CSc2nnnn2-c2ccc(OC(F)(F)F)cc2)cc1. The lowest BCUT2D eigenvalue weighted by Crippen LogP contribution is -2.17. The van der Waals surface area contributed by atoms with Gasteiger partial charge in [-0.15, -0.1) is 18.3 Å². The Morgan fingerprint density at radius 3 is 2.35 bits per heavy atom. The van der Waals surface area contributed by atoms with Crippen LogP contribution in [0.2, 0.25) is 0 Å². The van der Waals surface area contributed by atoms with Crippen LogP contribution in [0.1, 0.15) is 11.3 Å². The molecule has 1 amide bonds. The van der Waals surface area contributed by atoms with E-state index in [1.807, 2.05) is 38.1 Å². The number of nitrogens with one attached hydrogen (secondary N) is 1. The minimum absolute atomic E-state index is 0.00618. The van der Waals surface area contributed by atoms with Crippen molar-refractivity contribution in [3.8, 4) is 17.1 Å². The molecule has 0 saturated heterocycles. The van der Waals surface area contributed by atoms with Gasteiger partial charge in [-0.1, -0.05) is 29.5 Å². The second-order valence-corrected chi connectivity index (χ2v) is 8.11. The standard InChI is InChI=1S/C21H18F3N7O2S/c1-13-3-5-15(6-4-13)30-18(11-14(2)27-30)25-19(32)12-34-20-26-28-29-31(20)16-7-9-17(10-8-16)33-21(22,23)24/h3-11H,12H2,1-2H3,(H,25,32). The number of aryl methyl sites for hydroxylation is 2. The fraction of sp³-hybridized carbons (Fsp3) is 0.190. The molecule has 0 atom stereocenters. The third-order valence-electron chi connectivity index (χ3n) is 4.47. The number of thioether (sulfide) groups is 1. The summed E-state index contributed by atoms with van der Waals surface area (Å²) in [4.78, 5) is 12.6. The molecule has 0 bridgehead atoms. The highest BCUT2D eigenvalue weighted by Crippen LogP contribution is 2.25. The minimum atomic E-state index is -4.78. The van der Waals surface area contributed by atoms with Gasteiger partial charge in [0.15, 0.2) is 0 Å². The van der Waals surface area contributed by atoms with Gasteiger partial charge in [0, 0.05) is 6.07 Å². The molecule has 0 unspecified atom stereocenters. The maximum absolute atomic E-state index is 12.6. The Kier molecular flexibility index (Phi) is 6.54. The van der Waals surface area contributed by atoms with Gasteiger partial charge in [-0.25, -0.2) is 4.68 Å². The Balaban J connectivity index is 1.42. The molecule has 0 aliphatic rings. The number of carbonyl (C=O) groups excluding carboxylic acids is 1. The zero-order valence-electron chi connectivity index (χ0n) is 17.9. The molecule has 9 nitrogen and oxygen atoms in total. The van der Waals surface area contributed by atoms with Gasteiger partial charge in [0.1, 0.15) is 11.6 Å². The van der Waals surface area contributed by atoms with Crippen molar-refractivity contribution in [1.82, 2.24) is 30.0 Å².